The molecule has 1 atom stereocenters. The second-order valence-electron chi connectivity index (χ2n) is 4.67. The zero-order valence-electron chi connectivity index (χ0n) is 11.4. The summed E-state index contributed by atoms with van der Waals surface area (Å²) in [4.78, 5) is 26.1. The normalized spacial score (nSPS) is 12.9. The lowest BCUT2D eigenvalue weighted by Gasteiger charge is -2.27. The first-order chi connectivity index (χ1) is 7.79. The second kappa shape index (κ2) is 7.27. The van der Waals surface area contributed by atoms with Crippen molar-refractivity contribution in [3.05, 3.63) is 0 Å². The molecule has 0 spiro atoms. The first-order valence-corrected chi connectivity index (χ1v) is 6.00. The predicted molar refractivity (Wildman–Crippen MR) is 66.8 cm³/mol. The summed E-state index contributed by atoms with van der Waals surface area (Å²) >= 11 is 0. The van der Waals surface area contributed by atoms with Gasteiger partial charge >= 0.3 is 5.97 Å². The Kier molecular flexibility index (Phi) is 6.80. The van der Waals surface area contributed by atoms with Crippen molar-refractivity contribution in [1.29, 1.82) is 0 Å². The highest BCUT2D eigenvalue weighted by Crippen LogP contribution is 2.02. The zero-order valence-corrected chi connectivity index (χ0v) is 11.4. The Morgan fingerprint density at radius 2 is 1.76 bits per heavy atom. The van der Waals surface area contributed by atoms with Gasteiger partial charge in [0, 0.05) is 19.6 Å². The molecule has 100 valence electrons. The van der Waals surface area contributed by atoms with Crippen LogP contribution in [0.15, 0.2) is 0 Å². The van der Waals surface area contributed by atoms with Gasteiger partial charge in [-0.15, -0.1) is 0 Å². The van der Waals surface area contributed by atoms with Crippen molar-refractivity contribution in [1.82, 2.24) is 9.80 Å². The van der Waals surface area contributed by atoms with Gasteiger partial charge in [0.05, 0.1) is 12.5 Å². The van der Waals surface area contributed by atoms with Crippen molar-refractivity contribution in [2.75, 3.05) is 26.7 Å². The standard InChI is InChI=1S/C12H24N2O3/c1-6-14(7-10(4)12(16)17)8-11(15)13(5)9(2)3/h9-10H,6-8H2,1-5H3,(H,16,17). The lowest BCUT2D eigenvalue weighted by molar-refractivity contribution is -0.142. The number of nitrogens with zero attached hydrogens (tertiary/aromatic N) is 2. The molecule has 5 nitrogen and oxygen atoms in total. The average molecular weight is 244 g/mol. The fourth-order valence-electron chi connectivity index (χ4n) is 1.36. The maximum atomic E-state index is 11.8. The zero-order chi connectivity index (χ0) is 13.6. The lowest BCUT2D eigenvalue weighted by Crippen LogP contribution is -2.43. The molecule has 17 heavy (non-hydrogen) atoms. The van der Waals surface area contributed by atoms with E-state index >= 15 is 0 Å². The molecule has 0 aliphatic rings. The molecular formula is C12H24N2O3. The molecule has 1 N–H and O–H groups in total. The van der Waals surface area contributed by atoms with Crippen molar-refractivity contribution in [3.8, 4) is 0 Å². The number of amides is 1. The van der Waals surface area contributed by atoms with Crippen LogP contribution in [0.2, 0.25) is 0 Å². The van der Waals surface area contributed by atoms with E-state index in [1.807, 2.05) is 25.7 Å². The van der Waals surface area contributed by atoms with Gasteiger partial charge in [-0.1, -0.05) is 13.8 Å². The molecule has 1 unspecified atom stereocenters. The fraction of sp³-hybridized carbons (Fsp3) is 0.833. The molecule has 0 fully saturated rings. The number of aliphatic carboxylic acids is 1. The first kappa shape index (κ1) is 15.9. The highest BCUT2D eigenvalue weighted by atomic mass is 16.4. The molecule has 0 bridgehead atoms. The van der Waals surface area contributed by atoms with Crippen molar-refractivity contribution in [2.24, 2.45) is 5.92 Å². The molecule has 0 aliphatic carbocycles. The van der Waals surface area contributed by atoms with E-state index in [0.717, 1.165) is 0 Å². The van der Waals surface area contributed by atoms with Crippen LogP contribution < -0.4 is 0 Å². The van der Waals surface area contributed by atoms with E-state index in [1.165, 1.54) is 0 Å². The first-order valence-electron chi connectivity index (χ1n) is 6.00. The third-order valence-electron chi connectivity index (χ3n) is 2.93. The Labute approximate surface area is 103 Å². The summed E-state index contributed by atoms with van der Waals surface area (Å²) in [5.41, 5.74) is 0. The lowest BCUT2D eigenvalue weighted by atomic mass is 10.1. The Bertz CT molecular complexity index is 266. The fourth-order valence-corrected chi connectivity index (χ4v) is 1.36. The van der Waals surface area contributed by atoms with Crippen LogP contribution in [-0.4, -0.2) is 59.5 Å². The maximum Gasteiger partial charge on any atom is 0.307 e. The Morgan fingerprint density at radius 1 is 1.24 bits per heavy atom. The molecule has 0 radical (unpaired) electrons. The third-order valence-corrected chi connectivity index (χ3v) is 2.93. The molecular weight excluding hydrogens is 220 g/mol. The van der Waals surface area contributed by atoms with Gasteiger partial charge in [0.2, 0.25) is 5.91 Å². The van der Waals surface area contributed by atoms with Crippen LogP contribution in [0.3, 0.4) is 0 Å². The van der Waals surface area contributed by atoms with Gasteiger partial charge in [-0.2, -0.15) is 0 Å². The highest BCUT2D eigenvalue weighted by molar-refractivity contribution is 5.78. The van der Waals surface area contributed by atoms with E-state index < -0.39 is 11.9 Å². The minimum absolute atomic E-state index is 0.0273. The van der Waals surface area contributed by atoms with Gasteiger partial charge in [0.15, 0.2) is 0 Å². The third kappa shape index (κ3) is 5.68. The minimum Gasteiger partial charge on any atom is -0.481 e. The van der Waals surface area contributed by atoms with Crippen LogP contribution >= 0.6 is 0 Å². The second-order valence-corrected chi connectivity index (χ2v) is 4.67. The predicted octanol–water partition coefficient (Wildman–Crippen LogP) is 0.896. The number of carboxylic acids is 1. The number of hydrogen-bond acceptors (Lipinski definition) is 3. The van der Waals surface area contributed by atoms with Crippen LogP contribution in [0, 0.1) is 5.92 Å². The van der Waals surface area contributed by atoms with Crippen molar-refractivity contribution < 1.29 is 14.7 Å². The van der Waals surface area contributed by atoms with E-state index in [9.17, 15) is 9.59 Å². The monoisotopic (exact) mass is 244 g/mol. The smallest absolute Gasteiger partial charge is 0.307 e. The largest absolute Gasteiger partial charge is 0.481 e. The molecule has 5 heteroatoms. The van der Waals surface area contributed by atoms with Crippen molar-refractivity contribution in [3.63, 3.8) is 0 Å². The topological polar surface area (TPSA) is 60.9 Å². The summed E-state index contributed by atoms with van der Waals surface area (Å²) < 4.78 is 0. The number of rotatable bonds is 7. The number of hydrogen-bond donors (Lipinski definition) is 1. The molecule has 0 saturated heterocycles. The average Bonchev–Trinajstić information content (AvgIpc) is 2.26. The van der Waals surface area contributed by atoms with Crippen molar-refractivity contribution >= 4 is 11.9 Å². The molecule has 0 aromatic rings. The molecule has 0 saturated carbocycles. The van der Waals surface area contributed by atoms with Crippen LogP contribution in [0.5, 0.6) is 0 Å². The van der Waals surface area contributed by atoms with E-state index in [0.29, 0.717) is 13.1 Å². The quantitative estimate of drug-likeness (QED) is 0.722. The van der Waals surface area contributed by atoms with Crippen LogP contribution in [0.25, 0.3) is 0 Å². The molecule has 0 heterocycles. The summed E-state index contributed by atoms with van der Waals surface area (Å²) in [6, 6.07) is 0.165. The van der Waals surface area contributed by atoms with E-state index in [4.69, 9.17) is 5.11 Å². The molecule has 0 rings (SSSR count). The highest BCUT2D eigenvalue weighted by Gasteiger charge is 2.19. The SMILES string of the molecule is CCN(CC(=O)N(C)C(C)C)CC(C)C(=O)O. The van der Waals surface area contributed by atoms with Gasteiger partial charge < -0.3 is 10.0 Å². The van der Waals surface area contributed by atoms with E-state index in [1.54, 1.807) is 18.9 Å². The van der Waals surface area contributed by atoms with Crippen molar-refractivity contribution in [2.45, 2.75) is 33.7 Å². The Balaban J connectivity index is 4.31. The minimum atomic E-state index is -0.826. The molecule has 0 aromatic carbocycles. The van der Waals surface area contributed by atoms with Gasteiger partial charge in [-0.25, -0.2) is 0 Å². The summed E-state index contributed by atoms with van der Waals surface area (Å²) in [6.45, 7) is 8.85. The summed E-state index contributed by atoms with van der Waals surface area (Å²) in [5, 5.41) is 8.84. The van der Waals surface area contributed by atoms with Gasteiger partial charge in [-0.05, 0) is 20.4 Å². The van der Waals surface area contributed by atoms with E-state index in [2.05, 4.69) is 0 Å². The molecule has 0 aromatic heterocycles. The maximum absolute atomic E-state index is 11.8. The van der Waals surface area contributed by atoms with Gasteiger partial charge in [-0.3, -0.25) is 14.5 Å². The number of carbonyl (C=O) groups is 2. The summed E-state index contributed by atoms with van der Waals surface area (Å²) in [7, 11) is 1.77. The van der Waals surface area contributed by atoms with Crippen LogP contribution in [0.4, 0.5) is 0 Å². The summed E-state index contributed by atoms with van der Waals surface area (Å²) in [5.74, 6) is -1.25. The molecule has 1 amide bonds. The van der Waals surface area contributed by atoms with Gasteiger partial charge in [0.25, 0.3) is 0 Å². The van der Waals surface area contributed by atoms with Crippen LogP contribution in [0.1, 0.15) is 27.7 Å². The Morgan fingerprint density at radius 3 is 2.12 bits per heavy atom. The Hall–Kier alpha value is -1.10. The number of carbonyl (C=O) groups excluding carboxylic acids is 1. The molecule has 0 aliphatic heterocycles. The summed E-state index contributed by atoms with van der Waals surface area (Å²) in [6.07, 6.45) is 0. The van der Waals surface area contributed by atoms with E-state index in [-0.39, 0.29) is 18.5 Å². The van der Waals surface area contributed by atoms with Gasteiger partial charge in [0.1, 0.15) is 0 Å². The van der Waals surface area contributed by atoms with Crippen LogP contribution in [-0.2, 0) is 9.59 Å². The number of carboxylic acid groups (broad SMARTS) is 1. The number of likely N-dealkylation sites (N-methyl/N-ethyl adjacent to an activating group) is 2.